The molecule has 9 heteroatoms. The van der Waals surface area contributed by atoms with E-state index in [-0.39, 0.29) is 0 Å². The average Bonchev–Trinajstić information content (AvgIpc) is 2.63. The Morgan fingerprint density at radius 1 is 1.62 bits per heavy atom. The molecule has 0 saturated carbocycles. The van der Waals surface area contributed by atoms with Gasteiger partial charge in [-0.05, 0) is 23.4 Å². The zero-order valence-corrected chi connectivity index (χ0v) is 11.2. The number of hydrogen-bond donors (Lipinski definition) is 3. The molecule has 0 aliphatic heterocycles. The molecule has 0 bridgehead atoms. The maximum atomic E-state index is 11.6. The highest BCUT2D eigenvalue weighted by molar-refractivity contribution is 7.90. The molecule has 1 heterocycles. The van der Waals surface area contributed by atoms with E-state index in [0.717, 1.165) is 0 Å². The topological polar surface area (TPSA) is 98.9 Å². The van der Waals surface area contributed by atoms with Crippen molar-refractivity contribution in [2.75, 3.05) is 25.1 Å². The van der Waals surface area contributed by atoms with Crippen LogP contribution in [0.5, 0.6) is 0 Å². The molecule has 0 aliphatic carbocycles. The Kier molecular flexibility index (Phi) is 5.74. The van der Waals surface area contributed by atoms with E-state index >= 15 is 0 Å². The van der Waals surface area contributed by atoms with Gasteiger partial charge in [0, 0.05) is 7.05 Å². The van der Waals surface area contributed by atoms with Crippen molar-refractivity contribution >= 4 is 45.0 Å². The van der Waals surface area contributed by atoms with Gasteiger partial charge in [-0.3, -0.25) is 0 Å². The van der Waals surface area contributed by atoms with Gasteiger partial charge in [-0.25, -0.2) is 0 Å². The Labute approximate surface area is 106 Å². The van der Waals surface area contributed by atoms with E-state index in [4.69, 9.17) is 18.0 Å². The molecule has 1 aromatic rings. The van der Waals surface area contributed by atoms with Crippen LogP contribution in [0.4, 0.5) is 5.13 Å². The number of hydrogen-bond acceptors (Lipinski definition) is 6. The van der Waals surface area contributed by atoms with Crippen molar-refractivity contribution in [3.05, 3.63) is 5.01 Å². The predicted molar refractivity (Wildman–Crippen MR) is 70.7 cm³/mol. The summed E-state index contributed by atoms with van der Waals surface area (Å²) in [6, 6.07) is 0. The monoisotopic (exact) mass is 279 g/mol. The minimum Gasteiger partial charge on any atom is -0.616 e. The molecule has 1 unspecified atom stereocenters. The fraction of sp³-hybridized carbons (Fsp3) is 0.571. The second-order valence-corrected chi connectivity index (χ2v) is 5.91. The van der Waals surface area contributed by atoms with E-state index in [1.165, 1.54) is 11.3 Å². The van der Waals surface area contributed by atoms with E-state index in [1.807, 2.05) is 0 Å². The predicted octanol–water partition coefficient (Wildman–Crippen LogP) is -0.537. The molecule has 6 nitrogen and oxygen atoms in total. The molecule has 0 spiro atoms. The van der Waals surface area contributed by atoms with Crippen LogP contribution in [0.3, 0.4) is 0 Å². The summed E-state index contributed by atoms with van der Waals surface area (Å²) in [6.45, 7) is 0.570. The summed E-state index contributed by atoms with van der Waals surface area (Å²) >= 11 is 5.17. The van der Waals surface area contributed by atoms with Crippen molar-refractivity contribution in [1.82, 2.24) is 20.8 Å². The second kappa shape index (κ2) is 6.84. The first-order chi connectivity index (χ1) is 7.61. The van der Waals surface area contributed by atoms with Crippen molar-refractivity contribution in [3.63, 3.8) is 0 Å². The quantitative estimate of drug-likeness (QED) is 0.492. The molecule has 0 amide bonds. The van der Waals surface area contributed by atoms with Gasteiger partial charge in [0.2, 0.25) is 5.13 Å². The van der Waals surface area contributed by atoms with E-state index in [9.17, 15) is 4.55 Å². The van der Waals surface area contributed by atoms with Crippen LogP contribution in [0.2, 0.25) is 0 Å². The molecule has 0 saturated heterocycles. The minimum absolute atomic E-state index is 0.392. The maximum Gasteiger partial charge on any atom is 0.203 e. The van der Waals surface area contributed by atoms with Crippen LogP contribution in [-0.2, 0) is 16.9 Å². The van der Waals surface area contributed by atoms with Crippen LogP contribution < -0.4 is 16.4 Å². The number of thiocarbonyl (C=S) groups is 1. The van der Waals surface area contributed by atoms with Gasteiger partial charge in [-0.2, -0.15) is 0 Å². The average molecular weight is 279 g/mol. The lowest BCUT2D eigenvalue weighted by molar-refractivity contribution is 0.592. The highest BCUT2D eigenvalue weighted by Crippen LogP contribution is 2.14. The van der Waals surface area contributed by atoms with Crippen LogP contribution in [0.1, 0.15) is 5.01 Å². The van der Waals surface area contributed by atoms with Gasteiger partial charge >= 0.3 is 0 Å². The fourth-order valence-corrected chi connectivity index (χ4v) is 2.85. The van der Waals surface area contributed by atoms with Gasteiger partial charge in [-0.1, -0.05) is 11.3 Å². The third kappa shape index (κ3) is 4.92. The summed E-state index contributed by atoms with van der Waals surface area (Å²) in [5.74, 6) is 0.907. The molecule has 16 heavy (non-hydrogen) atoms. The summed E-state index contributed by atoms with van der Waals surface area (Å²) in [4.78, 5) is 0. The van der Waals surface area contributed by atoms with Gasteiger partial charge in [0.05, 0.1) is 6.54 Å². The first-order valence-electron chi connectivity index (χ1n) is 4.50. The van der Waals surface area contributed by atoms with Crippen molar-refractivity contribution in [1.29, 1.82) is 0 Å². The lowest BCUT2D eigenvalue weighted by atomic mass is 10.7. The Bertz CT molecular complexity index is 345. The number of anilines is 1. The van der Waals surface area contributed by atoms with Gasteiger partial charge in [0.25, 0.3) is 0 Å². The van der Waals surface area contributed by atoms with Crippen molar-refractivity contribution < 1.29 is 4.55 Å². The van der Waals surface area contributed by atoms with E-state index in [1.54, 1.807) is 7.05 Å². The largest absolute Gasteiger partial charge is 0.616 e. The summed E-state index contributed by atoms with van der Waals surface area (Å²) in [7, 11) is 1.73. The number of rotatable bonds is 5. The fourth-order valence-electron chi connectivity index (χ4n) is 0.902. The molecule has 1 aromatic heterocycles. The molecule has 90 valence electrons. The number of nitrogens with two attached hydrogens (primary N) is 1. The molecule has 0 aromatic carbocycles. The van der Waals surface area contributed by atoms with Gasteiger partial charge < -0.3 is 20.9 Å². The number of nitrogens with zero attached hydrogens (tertiary/aromatic N) is 2. The molecule has 0 radical (unpaired) electrons. The molecule has 0 aliphatic rings. The lowest BCUT2D eigenvalue weighted by Gasteiger charge is -2.10. The van der Waals surface area contributed by atoms with Crippen LogP contribution in [-0.4, -0.2) is 39.2 Å². The first-order valence-corrected chi connectivity index (χ1v) is 7.21. The van der Waals surface area contributed by atoms with Crippen LogP contribution in [0.15, 0.2) is 0 Å². The van der Waals surface area contributed by atoms with Crippen molar-refractivity contribution in [2.45, 2.75) is 5.75 Å². The molecule has 0 fully saturated rings. The van der Waals surface area contributed by atoms with Gasteiger partial charge in [0.15, 0.2) is 15.9 Å². The lowest BCUT2D eigenvalue weighted by Crippen LogP contribution is -2.35. The molecule has 1 atom stereocenters. The summed E-state index contributed by atoms with van der Waals surface area (Å²) < 4.78 is 11.6. The molecule has 4 N–H and O–H groups in total. The van der Waals surface area contributed by atoms with Gasteiger partial charge in [-0.15, -0.1) is 10.2 Å². The number of nitrogen functional groups attached to an aromatic ring is 1. The Hall–Kier alpha value is -0.640. The molecular weight excluding hydrogens is 266 g/mol. The summed E-state index contributed by atoms with van der Waals surface area (Å²) in [6.07, 6.45) is 0. The third-order valence-electron chi connectivity index (χ3n) is 1.61. The van der Waals surface area contributed by atoms with Crippen molar-refractivity contribution in [3.8, 4) is 0 Å². The van der Waals surface area contributed by atoms with Crippen molar-refractivity contribution in [2.24, 2.45) is 0 Å². The third-order valence-corrected chi connectivity index (χ3v) is 4.15. The molecule has 1 rings (SSSR count). The highest BCUT2D eigenvalue weighted by Gasteiger charge is 2.11. The SMILES string of the molecule is CNC(=S)NCC[S+]([O-])Cc1nnc(N)s1. The highest BCUT2D eigenvalue weighted by atomic mass is 32.2. The zero-order chi connectivity index (χ0) is 12.0. The Morgan fingerprint density at radius 2 is 2.38 bits per heavy atom. The van der Waals surface area contributed by atoms with E-state index < -0.39 is 11.2 Å². The normalized spacial score (nSPS) is 12.1. The standard InChI is InChI=1S/C7H13N5OS3/c1-9-7(14)10-2-3-16(13)4-5-11-12-6(8)15-5/h2-4H2,1H3,(H2,8,12)(H2,9,10,14). The molecular formula is C7H13N5OS3. The Morgan fingerprint density at radius 3 is 2.94 bits per heavy atom. The number of nitrogens with one attached hydrogen (secondary N) is 2. The minimum atomic E-state index is -0.974. The summed E-state index contributed by atoms with van der Waals surface area (Å²) in [5, 5.41) is 14.8. The van der Waals surface area contributed by atoms with Crippen LogP contribution in [0, 0.1) is 0 Å². The smallest absolute Gasteiger partial charge is 0.203 e. The van der Waals surface area contributed by atoms with Crippen LogP contribution >= 0.6 is 23.6 Å². The first kappa shape index (κ1) is 13.4. The van der Waals surface area contributed by atoms with Gasteiger partial charge in [0.1, 0.15) is 5.75 Å². The van der Waals surface area contributed by atoms with E-state index in [2.05, 4.69) is 20.8 Å². The zero-order valence-electron chi connectivity index (χ0n) is 8.73. The second-order valence-electron chi connectivity index (χ2n) is 2.83. The number of aromatic nitrogens is 2. The Balaban J connectivity index is 2.20. The maximum absolute atomic E-state index is 11.6. The van der Waals surface area contributed by atoms with E-state index in [0.29, 0.717) is 33.3 Å². The summed E-state index contributed by atoms with van der Waals surface area (Å²) in [5.41, 5.74) is 5.42. The van der Waals surface area contributed by atoms with Crippen LogP contribution in [0.25, 0.3) is 0 Å².